The third-order valence-electron chi connectivity index (χ3n) is 3.47. The first-order chi connectivity index (χ1) is 12.0. The highest BCUT2D eigenvalue weighted by molar-refractivity contribution is 6.31. The standard InChI is InChI=1S/C19H13Cl3N2O/c20-13-1-7-16(8-2-13)23-19(25)24(17-9-3-14(21)4-10-17)18-11-5-15(22)6-12-18/h1-12H,(H,23,25). The van der Waals surface area contributed by atoms with Crippen molar-refractivity contribution in [2.75, 3.05) is 10.2 Å². The molecular formula is C19H13Cl3N2O. The second-order valence-electron chi connectivity index (χ2n) is 5.23. The Hall–Kier alpha value is -2.20. The Kier molecular flexibility index (Phi) is 5.49. The van der Waals surface area contributed by atoms with E-state index in [2.05, 4.69) is 5.32 Å². The maximum absolute atomic E-state index is 12.9. The maximum Gasteiger partial charge on any atom is 0.330 e. The number of halogens is 3. The first-order valence-electron chi connectivity index (χ1n) is 7.41. The minimum atomic E-state index is -0.313. The molecule has 3 nitrogen and oxygen atoms in total. The van der Waals surface area contributed by atoms with Gasteiger partial charge in [-0.05, 0) is 72.8 Å². The van der Waals surface area contributed by atoms with Crippen molar-refractivity contribution in [1.82, 2.24) is 0 Å². The number of urea groups is 1. The lowest BCUT2D eigenvalue weighted by Gasteiger charge is -2.23. The lowest BCUT2D eigenvalue weighted by Crippen LogP contribution is -2.30. The van der Waals surface area contributed by atoms with E-state index in [-0.39, 0.29) is 6.03 Å². The van der Waals surface area contributed by atoms with Crippen molar-refractivity contribution in [3.05, 3.63) is 87.9 Å². The van der Waals surface area contributed by atoms with Crippen molar-refractivity contribution in [1.29, 1.82) is 0 Å². The third-order valence-corrected chi connectivity index (χ3v) is 4.22. The molecule has 0 unspecified atom stereocenters. The van der Waals surface area contributed by atoms with Crippen LogP contribution in [0.25, 0.3) is 0 Å². The maximum atomic E-state index is 12.9. The number of nitrogens with zero attached hydrogens (tertiary/aromatic N) is 1. The molecule has 0 aliphatic carbocycles. The second-order valence-corrected chi connectivity index (χ2v) is 6.53. The summed E-state index contributed by atoms with van der Waals surface area (Å²) in [6, 6.07) is 20.6. The largest absolute Gasteiger partial charge is 0.330 e. The monoisotopic (exact) mass is 390 g/mol. The van der Waals surface area contributed by atoms with Gasteiger partial charge in [0.1, 0.15) is 0 Å². The van der Waals surface area contributed by atoms with Gasteiger partial charge in [0.2, 0.25) is 0 Å². The molecule has 0 aliphatic heterocycles. The Labute approximate surface area is 160 Å². The minimum Gasteiger partial charge on any atom is -0.307 e. The SMILES string of the molecule is O=C(Nc1ccc(Cl)cc1)N(c1ccc(Cl)cc1)c1ccc(Cl)cc1. The van der Waals surface area contributed by atoms with Gasteiger partial charge in [-0.15, -0.1) is 0 Å². The van der Waals surface area contributed by atoms with Gasteiger partial charge in [0, 0.05) is 20.8 Å². The van der Waals surface area contributed by atoms with Crippen LogP contribution in [0.1, 0.15) is 0 Å². The van der Waals surface area contributed by atoms with Crippen molar-refractivity contribution in [2.45, 2.75) is 0 Å². The van der Waals surface area contributed by atoms with Crippen LogP contribution in [-0.4, -0.2) is 6.03 Å². The van der Waals surface area contributed by atoms with Crippen LogP contribution in [0.15, 0.2) is 72.8 Å². The summed E-state index contributed by atoms with van der Waals surface area (Å²) < 4.78 is 0. The predicted molar refractivity (Wildman–Crippen MR) is 106 cm³/mol. The molecule has 6 heteroatoms. The Balaban J connectivity index is 1.94. The molecule has 0 bridgehead atoms. The molecule has 25 heavy (non-hydrogen) atoms. The molecule has 0 aliphatic rings. The number of anilines is 3. The first-order valence-corrected chi connectivity index (χ1v) is 8.54. The zero-order valence-corrected chi connectivity index (χ0v) is 15.2. The Morgan fingerprint density at radius 2 is 1.00 bits per heavy atom. The van der Waals surface area contributed by atoms with Crippen molar-refractivity contribution in [3.8, 4) is 0 Å². The van der Waals surface area contributed by atoms with Gasteiger partial charge >= 0.3 is 6.03 Å². The molecule has 0 radical (unpaired) electrons. The fraction of sp³-hybridized carbons (Fsp3) is 0. The molecule has 0 fully saturated rings. The summed E-state index contributed by atoms with van der Waals surface area (Å²) in [7, 11) is 0. The molecule has 0 spiro atoms. The summed E-state index contributed by atoms with van der Waals surface area (Å²) in [6.07, 6.45) is 0. The molecular weight excluding hydrogens is 379 g/mol. The van der Waals surface area contributed by atoms with E-state index < -0.39 is 0 Å². The lowest BCUT2D eigenvalue weighted by atomic mass is 10.2. The summed E-state index contributed by atoms with van der Waals surface area (Å²) >= 11 is 17.8. The number of hydrogen-bond donors (Lipinski definition) is 1. The topological polar surface area (TPSA) is 32.3 Å². The zero-order chi connectivity index (χ0) is 17.8. The fourth-order valence-corrected chi connectivity index (χ4v) is 2.65. The summed E-state index contributed by atoms with van der Waals surface area (Å²) in [5.41, 5.74) is 2.00. The van der Waals surface area contributed by atoms with E-state index in [4.69, 9.17) is 34.8 Å². The van der Waals surface area contributed by atoms with E-state index in [1.165, 1.54) is 0 Å². The van der Waals surface area contributed by atoms with Crippen LogP contribution >= 0.6 is 34.8 Å². The Bertz CT molecular complexity index is 817. The molecule has 0 saturated carbocycles. The van der Waals surface area contributed by atoms with E-state index in [1.54, 1.807) is 77.7 Å². The number of hydrogen-bond acceptors (Lipinski definition) is 1. The van der Waals surface area contributed by atoms with Crippen LogP contribution in [0, 0.1) is 0 Å². The molecule has 2 amide bonds. The van der Waals surface area contributed by atoms with Crippen LogP contribution < -0.4 is 10.2 Å². The van der Waals surface area contributed by atoms with Crippen molar-refractivity contribution < 1.29 is 4.79 Å². The smallest absolute Gasteiger partial charge is 0.307 e. The van der Waals surface area contributed by atoms with Crippen LogP contribution in [0.2, 0.25) is 15.1 Å². The number of amides is 2. The summed E-state index contributed by atoms with van der Waals surface area (Å²) in [5.74, 6) is 0. The van der Waals surface area contributed by atoms with Gasteiger partial charge in [-0.3, -0.25) is 4.90 Å². The molecule has 0 heterocycles. The third kappa shape index (κ3) is 4.45. The molecule has 1 N–H and O–H groups in total. The van der Waals surface area contributed by atoms with Gasteiger partial charge in [0.15, 0.2) is 0 Å². The highest BCUT2D eigenvalue weighted by Crippen LogP contribution is 2.29. The van der Waals surface area contributed by atoms with Crippen molar-refractivity contribution in [2.24, 2.45) is 0 Å². The predicted octanol–water partition coefficient (Wildman–Crippen LogP) is 7.02. The number of benzene rings is 3. The van der Waals surface area contributed by atoms with Crippen LogP contribution in [-0.2, 0) is 0 Å². The van der Waals surface area contributed by atoms with Gasteiger partial charge in [-0.25, -0.2) is 4.79 Å². The average molecular weight is 392 g/mol. The quantitative estimate of drug-likeness (QED) is 0.511. The van der Waals surface area contributed by atoms with Gasteiger partial charge in [0.05, 0.1) is 11.4 Å². The van der Waals surface area contributed by atoms with Crippen molar-refractivity contribution in [3.63, 3.8) is 0 Å². The zero-order valence-electron chi connectivity index (χ0n) is 12.9. The number of rotatable bonds is 3. The fourth-order valence-electron chi connectivity index (χ4n) is 2.28. The van der Waals surface area contributed by atoms with Gasteiger partial charge in [-0.1, -0.05) is 34.8 Å². The Morgan fingerprint density at radius 3 is 1.40 bits per heavy atom. The minimum absolute atomic E-state index is 0.313. The van der Waals surface area contributed by atoms with E-state index in [0.717, 1.165) is 0 Å². The lowest BCUT2D eigenvalue weighted by molar-refractivity contribution is 0.259. The van der Waals surface area contributed by atoms with Gasteiger partial charge in [0.25, 0.3) is 0 Å². The molecule has 126 valence electrons. The van der Waals surface area contributed by atoms with E-state index >= 15 is 0 Å². The second kappa shape index (κ2) is 7.79. The van der Waals surface area contributed by atoms with Gasteiger partial charge in [-0.2, -0.15) is 0 Å². The summed E-state index contributed by atoms with van der Waals surface area (Å²) in [4.78, 5) is 14.4. The highest BCUT2D eigenvalue weighted by Gasteiger charge is 2.18. The highest BCUT2D eigenvalue weighted by atomic mass is 35.5. The Morgan fingerprint density at radius 1 is 0.640 bits per heavy atom. The van der Waals surface area contributed by atoms with E-state index in [9.17, 15) is 4.79 Å². The first kappa shape index (κ1) is 17.6. The van der Waals surface area contributed by atoms with E-state index in [1.807, 2.05) is 0 Å². The van der Waals surface area contributed by atoms with Crippen LogP contribution in [0.4, 0.5) is 21.9 Å². The number of carbonyl (C=O) groups excluding carboxylic acids is 1. The molecule has 3 rings (SSSR count). The normalized spacial score (nSPS) is 10.4. The summed E-state index contributed by atoms with van der Waals surface area (Å²) in [5, 5.41) is 4.65. The van der Waals surface area contributed by atoms with Crippen molar-refractivity contribution >= 4 is 57.9 Å². The van der Waals surface area contributed by atoms with Gasteiger partial charge < -0.3 is 5.32 Å². The van der Waals surface area contributed by atoms with E-state index in [0.29, 0.717) is 32.1 Å². The molecule has 3 aromatic carbocycles. The number of nitrogens with one attached hydrogen (secondary N) is 1. The van der Waals surface area contributed by atoms with Crippen LogP contribution in [0.5, 0.6) is 0 Å². The number of carbonyl (C=O) groups is 1. The molecule has 0 aromatic heterocycles. The summed E-state index contributed by atoms with van der Waals surface area (Å²) in [6.45, 7) is 0. The average Bonchev–Trinajstić information content (AvgIpc) is 2.60. The molecule has 3 aromatic rings. The molecule has 0 atom stereocenters. The molecule has 0 saturated heterocycles. The van der Waals surface area contributed by atoms with Crippen LogP contribution in [0.3, 0.4) is 0 Å².